The summed E-state index contributed by atoms with van der Waals surface area (Å²) in [5.41, 5.74) is 1.61. The average molecular weight is 263 g/mol. The molecule has 0 amide bonds. The number of rotatable bonds is 2. The maximum absolute atomic E-state index is 3.97. The lowest BCUT2D eigenvalue weighted by molar-refractivity contribution is 0.366. The van der Waals surface area contributed by atoms with E-state index < -0.39 is 0 Å². The summed E-state index contributed by atoms with van der Waals surface area (Å²) in [6.45, 7) is 2.42. The Bertz CT molecular complexity index is 384. The fourth-order valence-corrected chi connectivity index (χ4v) is 4.59. The zero-order valence-corrected chi connectivity index (χ0v) is 12.3. The Hall–Kier alpha value is -0.340. The third-order valence-corrected chi connectivity index (χ3v) is 5.74. The van der Waals surface area contributed by atoms with Crippen molar-refractivity contribution >= 4 is 11.3 Å². The van der Waals surface area contributed by atoms with Crippen molar-refractivity contribution in [1.29, 1.82) is 0 Å². The Labute approximate surface area is 115 Å². The molecule has 1 heterocycles. The molecule has 3 unspecified atom stereocenters. The minimum Gasteiger partial charge on any atom is -0.307 e. The molecular weight excluding hydrogens is 238 g/mol. The molecule has 1 aromatic heterocycles. The molecule has 1 nitrogen and oxygen atoms in total. The molecule has 1 fully saturated rings. The smallest absolute Gasteiger partial charge is 0.0333 e. The van der Waals surface area contributed by atoms with Crippen molar-refractivity contribution in [2.45, 2.75) is 70.4 Å². The van der Waals surface area contributed by atoms with Crippen LogP contribution in [0.1, 0.15) is 68.4 Å². The summed E-state index contributed by atoms with van der Waals surface area (Å²) >= 11 is 1.96. The minimum atomic E-state index is 0.651. The first-order valence-corrected chi connectivity index (χ1v) is 8.53. The average Bonchev–Trinajstić information content (AvgIpc) is 2.76. The van der Waals surface area contributed by atoms with Gasteiger partial charge in [0.15, 0.2) is 0 Å². The summed E-state index contributed by atoms with van der Waals surface area (Å²) in [6.07, 6.45) is 11.1. The first-order valence-electron chi connectivity index (χ1n) is 7.65. The van der Waals surface area contributed by atoms with E-state index in [-0.39, 0.29) is 0 Å². The maximum atomic E-state index is 3.97. The molecule has 0 aliphatic heterocycles. The highest BCUT2D eigenvalue weighted by Gasteiger charge is 2.24. The van der Waals surface area contributed by atoms with Crippen LogP contribution in [0.15, 0.2) is 11.4 Å². The monoisotopic (exact) mass is 263 g/mol. The van der Waals surface area contributed by atoms with Crippen molar-refractivity contribution in [1.82, 2.24) is 5.32 Å². The molecule has 2 heteroatoms. The second-order valence-corrected chi connectivity index (χ2v) is 7.22. The molecular formula is C16H25NS. The Morgan fingerprint density at radius 2 is 2.06 bits per heavy atom. The van der Waals surface area contributed by atoms with Gasteiger partial charge in [0.25, 0.3) is 0 Å². The first-order chi connectivity index (χ1) is 8.83. The molecule has 0 radical (unpaired) electrons. The lowest BCUT2D eigenvalue weighted by Gasteiger charge is -2.28. The molecule has 2 aliphatic carbocycles. The third kappa shape index (κ3) is 2.80. The molecule has 1 N–H and O–H groups in total. The van der Waals surface area contributed by atoms with Gasteiger partial charge < -0.3 is 5.32 Å². The van der Waals surface area contributed by atoms with Crippen LogP contribution in [0.2, 0.25) is 0 Å². The normalized spacial score (nSPS) is 32.8. The number of hydrogen-bond acceptors (Lipinski definition) is 2. The van der Waals surface area contributed by atoms with E-state index in [1.165, 1.54) is 51.4 Å². The van der Waals surface area contributed by atoms with Crippen LogP contribution in [-0.2, 0) is 6.42 Å². The predicted molar refractivity (Wildman–Crippen MR) is 79.2 cm³/mol. The Morgan fingerprint density at radius 1 is 1.11 bits per heavy atom. The molecule has 3 atom stereocenters. The van der Waals surface area contributed by atoms with Crippen molar-refractivity contribution in [3.63, 3.8) is 0 Å². The van der Waals surface area contributed by atoms with Gasteiger partial charge in [-0.2, -0.15) is 0 Å². The highest BCUT2D eigenvalue weighted by molar-refractivity contribution is 7.10. The van der Waals surface area contributed by atoms with Gasteiger partial charge in [0.1, 0.15) is 0 Å². The summed E-state index contributed by atoms with van der Waals surface area (Å²) in [5, 5.41) is 6.24. The second-order valence-electron chi connectivity index (χ2n) is 6.22. The predicted octanol–water partition coefficient (Wildman–Crippen LogP) is 4.68. The molecule has 100 valence electrons. The van der Waals surface area contributed by atoms with Crippen molar-refractivity contribution in [3.05, 3.63) is 21.9 Å². The summed E-state index contributed by atoms with van der Waals surface area (Å²) in [6, 6.07) is 3.78. The second kappa shape index (κ2) is 5.75. The van der Waals surface area contributed by atoms with Crippen LogP contribution in [0.5, 0.6) is 0 Å². The van der Waals surface area contributed by atoms with Crippen LogP contribution in [0.4, 0.5) is 0 Å². The van der Waals surface area contributed by atoms with Gasteiger partial charge in [-0.05, 0) is 61.5 Å². The van der Waals surface area contributed by atoms with Crippen LogP contribution < -0.4 is 5.32 Å². The third-order valence-electron chi connectivity index (χ3n) is 4.75. The molecule has 1 saturated carbocycles. The molecule has 18 heavy (non-hydrogen) atoms. The molecule has 0 bridgehead atoms. The van der Waals surface area contributed by atoms with Crippen molar-refractivity contribution in [2.75, 3.05) is 0 Å². The molecule has 3 rings (SSSR count). The van der Waals surface area contributed by atoms with Crippen molar-refractivity contribution < 1.29 is 0 Å². The van der Waals surface area contributed by atoms with E-state index in [0.29, 0.717) is 6.04 Å². The topological polar surface area (TPSA) is 12.0 Å². The fourth-order valence-electron chi connectivity index (χ4n) is 3.60. The van der Waals surface area contributed by atoms with E-state index in [9.17, 15) is 0 Å². The SMILES string of the molecule is CC1CCCC(NC2CCCc3sccc32)CC1. The molecule has 0 spiro atoms. The van der Waals surface area contributed by atoms with E-state index in [2.05, 4.69) is 23.7 Å². The van der Waals surface area contributed by atoms with Gasteiger partial charge >= 0.3 is 0 Å². The maximum Gasteiger partial charge on any atom is 0.0333 e. The molecule has 1 aromatic rings. The lowest BCUT2D eigenvalue weighted by Crippen LogP contribution is -2.34. The Morgan fingerprint density at radius 3 is 3.00 bits per heavy atom. The van der Waals surface area contributed by atoms with Gasteiger partial charge in [0, 0.05) is 17.0 Å². The van der Waals surface area contributed by atoms with Gasteiger partial charge in [-0.3, -0.25) is 0 Å². The van der Waals surface area contributed by atoms with Gasteiger partial charge in [0.05, 0.1) is 0 Å². The van der Waals surface area contributed by atoms with Crippen LogP contribution in [0, 0.1) is 5.92 Å². The standard InChI is InChI=1S/C16H25NS/c1-12-4-2-5-13(9-8-12)17-15-6-3-7-16-14(15)10-11-18-16/h10-13,15,17H,2-9H2,1H3. The quantitative estimate of drug-likeness (QED) is 0.764. The summed E-state index contributed by atoms with van der Waals surface area (Å²) < 4.78 is 0. The van der Waals surface area contributed by atoms with Crippen LogP contribution in [0.25, 0.3) is 0 Å². The fraction of sp³-hybridized carbons (Fsp3) is 0.750. The van der Waals surface area contributed by atoms with Crippen molar-refractivity contribution in [3.8, 4) is 0 Å². The summed E-state index contributed by atoms with van der Waals surface area (Å²) in [7, 11) is 0. The zero-order chi connectivity index (χ0) is 12.4. The lowest BCUT2D eigenvalue weighted by atomic mass is 9.92. The molecule has 2 aliphatic rings. The van der Waals surface area contributed by atoms with Crippen molar-refractivity contribution in [2.24, 2.45) is 5.92 Å². The first kappa shape index (κ1) is 12.7. The number of aryl methyl sites for hydroxylation is 1. The molecule has 0 saturated heterocycles. The van der Waals surface area contributed by atoms with Crippen LogP contribution in [-0.4, -0.2) is 6.04 Å². The summed E-state index contributed by atoms with van der Waals surface area (Å²) in [4.78, 5) is 1.64. The van der Waals surface area contributed by atoms with E-state index in [4.69, 9.17) is 0 Å². The van der Waals surface area contributed by atoms with Crippen LogP contribution >= 0.6 is 11.3 Å². The van der Waals surface area contributed by atoms with Gasteiger partial charge in [-0.25, -0.2) is 0 Å². The van der Waals surface area contributed by atoms with Gasteiger partial charge in [-0.1, -0.05) is 19.8 Å². The van der Waals surface area contributed by atoms with E-state index in [1.807, 2.05) is 11.3 Å². The Balaban J connectivity index is 1.63. The van der Waals surface area contributed by atoms with Gasteiger partial charge in [-0.15, -0.1) is 11.3 Å². The number of thiophene rings is 1. The number of fused-ring (bicyclic) bond motifs is 1. The largest absolute Gasteiger partial charge is 0.307 e. The summed E-state index contributed by atoms with van der Waals surface area (Å²) in [5.74, 6) is 0.944. The van der Waals surface area contributed by atoms with E-state index in [0.717, 1.165) is 12.0 Å². The Kier molecular flexibility index (Phi) is 4.05. The number of hydrogen-bond donors (Lipinski definition) is 1. The van der Waals surface area contributed by atoms with Crippen LogP contribution in [0.3, 0.4) is 0 Å². The van der Waals surface area contributed by atoms with Gasteiger partial charge in [0.2, 0.25) is 0 Å². The molecule has 0 aromatic carbocycles. The minimum absolute atomic E-state index is 0.651. The highest BCUT2D eigenvalue weighted by Crippen LogP contribution is 2.34. The van der Waals surface area contributed by atoms with E-state index in [1.54, 1.807) is 10.4 Å². The number of nitrogens with one attached hydrogen (secondary N) is 1. The highest BCUT2D eigenvalue weighted by atomic mass is 32.1. The zero-order valence-electron chi connectivity index (χ0n) is 11.5. The van der Waals surface area contributed by atoms with E-state index >= 15 is 0 Å².